The molecule has 2 amide bonds. The summed E-state index contributed by atoms with van der Waals surface area (Å²) in [6.45, 7) is 7.37. The van der Waals surface area contributed by atoms with Crippen LogP contribution in [0.2, 0.25) is 0 Å². The van der Waals surface area contributed by atoms with Crippen molar-refractivity contribution in [2.24, 2.45) is 0 Å². The van der Waals surface area contributed by atoms with Gasteiger partial charge in [0.05, 0.1) is 23.2 Å². The van der Waals surface area contributed by atoms with E-state index in [2.05, 4.69) is 10.6 Å². The Morgan fingerprint density at radius 3 is 2.29 bits per heavy atom. The van der Waals surface area contributed by atoms with Crippen molar-refractivity contribution < 1.29 is 23.9 Å². The summed E-state index contributed by atoms with van der Waals surface area (Å²) in [5.41, 5.74) is 1.07. The Labute approximate surface area is 168 Å². The van der Waals surface area contributed by atoms with E-state index >= 15 is 0 Å². The third-order valence-corrected chi connectivity index (χ3v) is 4.98. The molecule has 0 aliphatic heterocycles. The van der Waals surface area contributed by atoms with Gasteiger partial charge in [-0.1, -0.05) is 0 Å². The standard InChI is InChI=1S/C20H24N2O5S/c1-6-26-20(25)15-12(4)16(18(24)21-5)28-19(15)22-17(23)13-7-9-14(10-8-13)27-11(2)3/h7-11H,6H2,1-5H3,(H,21,24)(H,22,23). The Kier molecular flexibility index (Phi) is 7.17. The molecule has 8 heteroatoms. The van der Waals surface area contributed by atoms with Crippen molar-refractivity contribution in [2.75, 3.05) is 19.0 Å². The molecule has 0 saturated carbocycles. The van der Waals surface area contributed by atoms with Crippen molar-refractivity contribution in [2.45, 2.75) is 33.8 Å². The van der Waals surface area contributed by atoms with Gasteiger partial charge in [-0.25, -0.2) is 4.79 Å². The van der Waals surface area contributed by atoms with Crippen LogP contribution in [0.1, 0.15) is 56.7 Å². The number of carbonyl (C=O) groups is 3. The van der Waals surface area contributed by atoms with Crippen LogP contribution in [0, 0.1) is 6.92 Å². The van der Waals surface area contributed by atoms with E-state index in [1.54, 1.807) is 38.1 Å². The van der Waals surface area contributed by atoms with Gasteiger partial charge in [-0.05, 0) is 57.5 Å². The molecule has 1 aromatic heterocycles. The molecule has 0 spiro atoms. The molecule has 7 nitrogen and oxygen atoms in total. The summed E-state index contributed by atoms with van der Waals surface area (Å²) in [5.74, 6) is -0.648. The third-order valence-electron chi connectivity index (χ3n) is 3.77. The molecule has 0 radical (unpaired) electrons. The number of anilines is 1. The predicted molar refractivity (Wildman–Crippen MR) is 109 cm³/mol. The average Bonchev–Trinajstić information content (AvgIpc) is 2.97. The zero-order valence-electron chi connectivity index (χ0n) is 16.5. The summed E-state index contributed by atoms with van der Waals surface area (Å²) >= 11 is 1.04. The molecule has 2 aromatic rings. The number of nitrogens with one attached hydrogen (secondary N) is 2. The molecule has 1 heterocycles. The number of esters is 1. The second-order valence-corrected chi connectivity index (χ2v) is 7.23. The molecular formula is C20H24N2O5S. The highest BCUT2D eigenvalue weighted by atomic mass is 32.1. The minimum atomic E-state index is -0.581. The van der Waals surface area contributed by atoms with Crippen molar-refractivity contribution in [3.8, 4) is 5.75 Å². The van der Waals surface area contributed by atoms with Gasteiger partial charge in [0.25, 0.3) is 11.8 Å². The first-order valence-corrected chi connectivity index (χ1v) is 9.70. The van der Waals surface area contributed by atoms with Crippen molar-refractivity contribution in [3.05, 3.63) is 45.8 Å². The maximum atomic E-state index is 12.6. The minimum Gasteiger partial charge on any atom is -0.491 e. The maximum absolute atomic E-state index is 12.6. The second kappa shape index (κ2) is 9.36. The second-order valence-electron chi connectivity index (χ2n) is 6.21. The first kappa shape index (κ1) is 21.4. The van der Waals surface area contributed by atoms with Crippen LogP contribution in [0.4, 0.5) is 5.00 Å². The average molecular weight is 404 g/mol. The topological polar surface area (TPSA) is 93.7 Å². The van der Waals surface area contributed by atoms with Gasteiger partial charge >= 0.3 is 5.97 Å². The summed E-state index contributed by atoms with van der Waals surface area (Å²) in [7, 11) is 1.50. The van der Waals surface area contributed by atoms with E-state index in [0.29, 0.717) is 21.8 Å². The van der Waals surface area contributed by atoms with Crippen molar-refractivity contribution >= 4 is 34.1 Å². The Balaban J connectivity index is 2.32. The van der Waals surface area contributed by atoms with Gasteiger partial charge in [0, 0.05) is 12.6 Å². The summed E-state index contributed by atoms with van der Waals surface area (Å²) in [6.07, 6.45) is 0.0315. The maximum Gasteiger partial charge on any atom is 0.341 e. The fourth-order valence-electron chi connectivity index (χ4n) is 2.51. The number of rotatable bonds is 7. The number of carbonyl (C=O) groups excluding carboxylic acids is 3. The van der Waals surface area contributed by atoms with E-state index in [9.17, 15) is 14.4 Å². The van der Waals surface area contributed by atoms with Gasteiger partial charge in [0.15, 0.2) is 0 Å². The molecule has 1 aromatic carbocycles. The number of amides is 2. The highest BCUT2D eigenvalue weighted by Gasteiger charge is 2.26. The largest absolute Gasteiger partial charge is 0.491 e. The van der Waals surface area contributed by atoms with E-state index in [1.165, 1.54) is 7.05 Å². The van der Waals surface area contributed by atoms with E-state index in [0.717, 1.165) is 11.3 Å². The lowest BCUT2D eigenvalue weighted by molar-refractivity contribution is 0.0527. The van der Waals surface area contributed by atoms with Crippen molar-refractivity contribution in [3.63, 3.8) is 0 Å². The van der Waals surface area contributed by atoms with Crippen LogP contribution in [-0.4, -0.2) is 37.5 Å². The van der Waals surface area contributed by atoms with Crippen LogP contribution in [0.15, 0.2) is 24.3 Å². The predicted octanol–water partition coefficient (Wildman–Crippen LogP) is 3.63. The quantitative estimate of drug-likeness (QED) is 0.687. The Morgan fingerprint density at radius 1 is 1.11 bits per heavy atom. The molecule has 0 atom stereocenters. The summed E-state index contributed by atoms with van der Waals surface area (Å²) in [5, 5.41) is 5.54. The van der Waals surface area contributed by atoms with Gasteiger partial charge in [-0.3, -0.25) is 9.59 Å². The molecule has 0 saturated heterocycles. The molecule has 2 rings (SSSR count). The molecule has 150 valence electrons. The fraction of sp³-hybridized carbons (Fsp3) is 0.350. The SMILES string of the molecule is CCOC(=O)c1c(NC(=O)c2ccc(OC(C)C)cc2)sc(C(=O)NC)c1C. The summed E-state index contributed by atoms with van der Waals surface area (Å²) < 4.78 is 10.7. The number of benzene rings is 1. The van der Waals surface area contributed by atoms with Gasteiger partial charge in [0.1, 0.15) is 10.8 Å². The smallest absolute Gasteiger partial charge is 0.341 e. The van der Waals surface area contributed by atoms with Crippen LogP contribution in [-0.2, 0) is 4.74 Å². The molecule has 28 heavy (non-hydrogen) atoms. The Hall–Kier alpha value is -2.87. The molecule has 0 aliphatic carbocycles. The lowest BCUT2D eigenvalue weighted by Crippen LogP contribution is -2.18. The summed E-state index contributed by atoms with van der Waals surface area (Å²) in [4.78, 5) is 37.4. The van der Waals surface area contributed by atoms with E-state index in [4.69, 9.17) is 9.47 Å². The molecule has 2 N–H and O–H groups in total. The van der Waals surface area contributed by atoms with E-state index in [1.807, 2.05) is 13.8 Å². The Morgan fingerprint density at radius 2 is 1.75 bits per heavy atom. The summed E-state index contributed by atoms with van der Waals surface area (Å²) in [6, 6.07) is 6.68. The first-order chi connectivity index (χ1) is 13.3. The number of hydrogen-bond acceptors (Lipinski definition) is 6. The highest BCUT2D eigenvalue weighted by Crippen LogP contribution is 2.34. The molecule has 0 fully saturated rings. The van der Waals surface area contributed by atoms with Crippen LogP contribution in [0.5, 0.6) is 5.75 Å². The fourth-order valence-corrected chi connectivity index (χ4v) is 3.65. The minimum absolute atomic E-state index is 0.0315. The van der Waals surface area contributed by atoms with Crippen LogP contribution >= 0.6 is 11.3 Å². The van der Waals surface area contributed by atoms with Crippen molar-refractivity contribution in [1.82, 2.24) is 5.32 Å². The molecule has 0 bridgehead atoms. The normalized spacial score (nSPS) is 10.5. The molecule has 0 unspecified atom stereocenters. The van der Waals surface area contributed by atoms with Crippen LogP contribution in [0.25, 0.3) is 0 Å². The monoisotopic (exact) mass is 404 g/mol. The number of ether oxygens (including phenoxy) is 2. The zero-order chi connectivity index (χ0) is 20.8. The lowest BCUT2D eigenvalue weighted by atomic mass is 10.1. The molecular weight excluding hydrogens is 380 g/mol. The van der Waals surface area contributed by atoms with Crippen molar-refractivity contribution in [1.29, 1.82) is 0 Å². The van der Waals surface area contributed by atoms with Gasteiger partial charge in [0.2, 0.25) is 0 Å². The van der Waals surface area contributed by atoms with Crippen LogP contribution in [0.3, 0.4) is 0 Å². The van der Waals surface area contributed by atoms with Gasteiger partial charge in [-0.15, -0.1) is 11.3 Å². The van der Waals surface area contributed by atoms with E-state index in [-0.39, 0.29) is 29.2 Å². The number of hydrogen-bond donors (Lipinski definition) is 2. The lowest BCUT2D eigenvalue weighted by Gasteiger charge is -2.10. The van der Waals surface area contributed by atoms with Gasteiger partial charge < -0.3 is 20.1 Å². The zero-order valence-corrected chi connectivity index (χ0v) is 17.4. The highest BCUT2D eigenvalue weighted by molar-refractivity contribution is 7.18. The third kappa shape index (κ3) is 4.89. The molecule has 0 aliphatic rings. The van der Waals surface area contributed by atoms with Gasteiger partial charge in [-0.2, -0.15) is 0 Å². The van der Waals surface area contributed by atoms with E-state index < -0.39 is 11.9 Å². The first-order valence-electron chi connectivity index (χ1n) is 8.89. The number of thiophene rings is 1. The van der Waals surface area contributed by atoms with Crippen LogP contribution < -0.4 is 15.4 Å². The Bertz CT molecular complexity index is 871.